The van der Waals surface area contributed by atoms with Gasteiger partial charge in [-0.05, 0) is 47.7 Å². The second-order valence-electron chi connectivity index (χ2n) is 5.91. The molecule has 1 amide bonds. The molecule has 4 nitrogen and oxygen atoms in total. The van der Waals surface area contributed by atoms with E-state index in [1.54, 1.807) is 6.07 Å². The number of carbonyl (C=O) groups is 2. The molecule has 1 heterocycles. The molecule has 0 unspecified atom stereocenters. The zero-order valence-electron chi connectivity index (χ0n) is 12.2. The van der Waals surface area contributed by atoms with E-state index in [4.69, 9.17) is 4.74 Å². The van der Waals surface area contributed by atoms with Crippen LogP contribution in [0, 0.1) is 0 Å². The monoisotopic (exact) mass is 293 g/mol. The third kappa shape index (κ3) is 1.64. The molecule has 0 aromatic heterocycles. The fourth-order valence-electron chi connectivity index (χ4n) is 3.65. The van der Waals surface area contributed by atoms with Gasteiger partial charge in [0.25, 0.3) is 0 Å². The molecule has 110 valence electrons. The van der Waals surface area contributed by atoms with Gasteiger partial charge >= 0.3 is 5.97 Å². The second kappa shape index (κ2) is 4.44. The normalized spacial score (nSPS) is 21.4. The number of rotatable bonds is 1. The Morgan fingerprint density at radius 2 is 1.91 bits per heavy atom. The van der Waals surface area contributed by atoms with E-state index in [-0.39, 0.29) is 11.9 Å². The second-order valence-corrected chi connectivity index (χ2v) is 5.91. The minimum atomic E-state index is -0.534. The predicted octanol–water partition coefficient (Wildman–Crippen LogP) is 2.46. The summed E-state index contributed by atoms with van der Waals surface area (Å²) in [5.74, 6) is -0.301. The number of hydrogen-bond donors (Lipinski definition) is 1. The smallest absolute Gasteiger partial charge is 0.337 e. The van der Waals surface area contributed by atoms with Gasteiger partial charge in [0.1, 0.15) is 0 Å². The summed E-state index contributed by atoms with van der Waals surface area (Å²) >= 11 is 0. The van der Waals surface area contributed by atoms with Crippen LogP contribution in [0.2, 0.25) is 0 Å². The summed E-state index contributed by atoms with van der Waals surface area (Å²) < 4.78 is 4.77. The van der Waals surface area contributed by atoms with Crippen molar-refractivity contribution in [3.05, 3.63) is 64.7 Å². The van der Waals surface area contributed by atoms with Gasteiger partial charge in [-0.2, -0.15) is 0 Å². The molecule has 0 bridgehead atoms. The summed E-state index contributed by atoms with van der Waals surface area (Å²) in [5, 5.41) is 2.98. The van der Waals surface area contributed by atoms with Gasteiger partial charge in [0.05, 0.1) is 18.1 Å². The van der Waals surface area contributed by atoms with Crippen molar-refractivity contribution in [1.82, 2.24) is 0 Å². The zero-order valence-corrected chi connectivity index (χ0v) is 12.2. The number of nitrogens with one attached hydrogen (secondary N) is 1. The van der Waals surface area contributed by atoms with Crippen molar-refractivity contribution in [3.63, 3.8) is 0 Å². The van der Waals surface area contributed by atoms with E-state index in [0.29, 0.717) is 18.4 Å². The topological polar surface area (TPSA) is 55.4 Å². The summed E-state index contributed by atoms with van der Waals surface area (Å²) in [5.41, 5.74) is 4.12. The highest BCUT2D eigenvalue weighted by Gasteiger charge is 2.50. The van der Waals surface area contributed by atoms with E-state index < -0.39 is 5.41 Å². The molecular formula is C18H15NO3. The van der Waals surface area contributed by atoms with Gasteiger partial charge in [0, 0.05) is 5.69 Å². The molecule has 1 aliphatic carbocycles. The van der Waals surface area contributed by atoms with Crippen LogP contribution in [0.3, 0.4) is 0 Å². The van der Waals surface area contributed by atoms with Crippen molar-refractivity contribution < 1.29 is 14.3 Å². The Bertz CT molecular complexity index is 812. The first kappa shape index (κ1) is 13.1. The Hall–Kier alpha value is -2.62. The van der Waals surface area contributed by atoms with Crippen molar-refractivity contribution in [2.45, 2.75) is 18.3 Å². The quantitative estimate of drug-likeness (QED) is 0.822. The molecule has 22 heavy (non-hydrogen) atoms. The zero-order chi connectivity index (χ0) is 15.3. The first-order valence-corrected chi connectivity index (χ1v) is 7.25. The van der Waals surface area contributed by atoms with E-state index in [1.807, 2.05) is 36.4 Å². The molecule has 0 fully saturated rings. The maximum absolute atomic E-state index is 12.6. The predicted molar refractivity (Wildman–Crippen MR) is 81.9 cm³/mol. The van der Waals surface area contributed by atoms with Crippen molar-refractivity contribution in [1.29, 1.82) is 0 Å². The number of esters is 1. The van der Waals surface area contributed by atoms with Crippen LogP contribution in [0.5, 0.6) is 0 Å². The van der Waals surface area contributed by atoms with E-state index in [1.165, 1.54) is 7.11 Å². The van der Waals surface area contributed by atoms with Crippen LogP contribution >= 0.6 is 0 Å². The van der Waals surface area contributed by atoms with Crippen LogP contribution in [-0.2, 0) is 27.8 Å². The summed E-state index contributed by atoms with van der Waals surface area (Å²) in [6.45, 7) is 0. The number of methoxy groups -OCH3 is 1. The molecule has 4 heteroatoms. The molecule has 2 aromatic carbocycles. The Morgan fingerprint density at radius 3 is 2.73 bits per heavy atom. The molecule has 2 aromatic rings. The first-order valence-electron chi connectivity index (χ1n) is 7.25. The minimum absolute atomic E-state index is 0.0459. The average Bonchev–Trinajstić information content (AvgIpc) is 3.05. The van der Waals surface area contributed by atoms with Gasteiger partial charge in [-0.1, -0.05) is 24.3 Å². The Kier molecular flexibility index (Phi) is 2.64. The lowest BCUT2D eigenvalue weighted by Crippen LogP contribution is -2.35. The van der Waals surface area contributed by atoms with Crippen molar-refractivity contribution in [2.24, 2.45) is 0 Å². The summed E-state index contributed by atoms with van der Waals surface area (Å²) in [4.78, 5) is 24.3. The van der Waals surface area contributed by atoms with Gasteiger partial charge in [-0.25, -0.2) is 4.79 Å². The lowest BCUT2D eigenvalue weighted by atomic mass is 9.79. The number of hydrogen-bond acceptors (Lipinski definition) is 3. The Labute approximate surface area is 128 Å². The van der Waals surface area contributed by atoms with Crippen LogP contribution in [0.1, 0.15) is 27.0 Å². The third-order valence-corrected chi connectivity index (χ3v) is 4.74. The first-order chi connectivity index (χ1) is 10.6. The van der Waals surface area contributed by atoms with Gasteiger partial charge in [-0.15, -0.1) is 0 Å². The van der Waals surface area contributed by atoms with E-state index >= 15 is 0 Å². The lowest BCUT2D eigenvalue weighted by molar-refractivity contribution is -0.120. The molecule has 2 aliphatic rings. The highest BCUT2D eigenvalue weighted by atomic mass is 16.5. The van der Waals surface area contributed by atoms with Crippen LogP contribution in [0.15, 0.2) is 42.5 Å². The number of carbonyl (C=O) groups excluding carboxylic acids is 2. The standard InChI is InChI=1S/C18H15NO3/c1-22-16(20)11-6-7-12-9-18(10-13(12)8-11)14-4-2-3-5-15(14)19-17(18)21/h2-8H,9-10H2,1H3,(H,19,21)/t18-/m1/s1. The molecule has 0 saturated heterocycles. The minimum Gasteiger partial charge on any atom is -0.465 e. The van der Waals surface area contributed by atoms with Gasteiger partial charge in [0.15, 0.2) is 0 Å². The molecule has 0 saturated carbocycles. The number of para-hydroxylation sites is 1. The van der Waals surface area contributed by atoms with Crippen LogP contribution < -0.4 is 5.32 Å². The third-order valence-electron chi connectivity index (χ3n) is 4.74. The molecule has 4 rings (SSSR count). The molecule has 1 N–H and O–H groups in total. The highest BCUT2D eigenvalue weighted by molar-refractivity contribution is 6.07. The van der Waals surface area contributed by atoms with Crippen LogP contribution in [-0.4, -0.2) is 19.0 Å². The number of benzene rings is 2. The fraction of sp³-hybridized carbons (Fsp3) is 0.222. The Balaban J connectivity index is 1.79. The van der Waals surface area contributed by atoms with Gasteiger partial charge in [0.2, 0.25) is 5.91 Å². The highest BCUT2D eigenvalue weighted by Crippen LogP contribution is 2.47. The largest absolute Gasteiger partial charge is 0.465 e. The maximum atomic E-state index is 12.6. The van der Waals surface area contributed by atoms with Crippen molar-refractivity contribution in [2.75, 3.05) is 12.4 Å². The summed E-state index contributed by atoms with van der Waals surface area (Å²) in [7, 11) is 1.37. The number of amides is 1. The summed E-state index contributed by atoms with van der Waals surface area (Å²) in [6, 6.07) is 13.4. The van der Waals surface area contributed by atoms with E-state index in [2.05, 4.69) is 5.32 Å². The molecule has 0 radical (unpaired) electrons. The number of ether oxygens (including phenoxy) is 1. The molecule has 1 spiro atoms. The SMILES string of the molecule is COC(=O)c1ccc2c(c1)C[C@@]1(C2)C(=O)Nc2ccccc21. The molecule has 1 atom stereocenters. The fourth-order valence-corrected chi connectivity index (χ4v) is 3.65. The van der Waals surface area contributed by atoms with Crippen molar-refractivity contribution >= 4 is 17.6 Å². The molecular weight excluding hydrogens is 278 g/mol. The van der Waals surface area contributed by atoms with Crippen molar-refractivity contribution in [3.8, 4) is 0 Å². The van der Waals surface area contributed by atoms with Gasteiger partial charge < -0.3 is 10.1 Å². The number of fused-ring (bicyclic) bond motifs is 3. The molecule has 1 aliphatic heterocycles. The average molecular weight is 293 g/mol. The number of anilines is 1. The summed E-state index contributed by atoms with van der Waals surface area (Å²) in [6.07, 6.45) is 1.29. The maximum Gasteiger partial charge on any atom is 0.337 e. The van der Waals surface area contributed by atoms with E-state index in [0.717, 1.165) is 22.4 Å². The van der Waals surface area contributed by atoms with Crippen LogP contribution in [0.4, 0.5) is 5.69 Å². The van der Waals surface area contributed by atoms with E-state index in [9.17, 15) is 9.59 Å². The lowest BCUT2D eigenvalue weighted by Gasteiger charge is -2.20. The Morgan fingerprint density at radius 1 is 1.14 bits per heavy atom. The van der Waals surface area contributed by atoms with Gasteiger partial charge in [-0.3, -0.25) is 4.79 Å². The van der Waals surface area contributed by atoms with Crippen LogP contribution in [0.25, 0.3) is 0 Å².